The lowest BCUT2D eigenvalue weighted by atomic mass is 9.90. The molecule has 0 amide bonds. The number of hydrogen-bond acceptors (Lipinski definition) is 4. The van der Waals surface area contributed by atoms with Crippen LogP contribution in [0.15, 0.2) is 35.1 Å². The van der Waals surface area contributed by atoms with Gasteiger partial charge in [0.2, 0.25) is 0 Å². The molecule has 4 rings (SSSR count). The first-order chi connectivity index (χ1) is 12.6. The highest BCUT2D eigenvalue weighted by molar-refractivity contribution is 5.52. The van der Waals surface area contributed by atoms with Gasteiger partial charge in [0.05, 0.1) is 5.69 Å². The fraction of sp³-hybridized carbons (Fsp3) is 0.450. The van der Waals surface area contributed by atoms with E-state index in [9.17, 15) is 4.79 Å². The van der Waals surface area contributed by atoms with Crippen LogP contribution in [0.4, 0.5) is 5.69 Å². The minimum Gasteiger partial charge on any atom is -0.366 e. The molecule has 3 heterocycles. The third-order valence-electron chi connectivity index (χ3n) is 5.37. The normalized spacial score (nSPS) is 15.7. The number of nitrogens with one attached hydrogen (secondary N) is 1. The van der Waals surface area contributed by atoms with Gasteiger partial charge in [-0.05, 0) is 51.0 Å². The Morgan fingerprint density at radius 1 is 1.12 bits per heavy atom. The predicted octanol–water partition coefficient (Wildman–Crippen LogP) is 2.88. The molecule has 0 unspecified atom stereocenters. The first kappa shape index (κ1) is 16.8. The Labute approximate surface area is 152 Å². The number of aromatic nitrogens is 4. The first-order valence-corrected chi connectivity index (χ1v) is 9.36. The van der Waals surface area contributed by atoms with Crippen LogP contribution in [0.3, 0.4) is 0 Å². The summed E-state index contributed by atoms with van der Waals surface area (Å²) in [6.45, 7) is 5.57. The summed E-state index contributed by atoms with van der Waals surface area (Å²) in [5, 5.41) is 2.98. The van der Waals surface area contributed by atoms with Crippen molar-refractivity contribution in [2.75, 3.05) is 18.0 Å². The molecule has 2 aromatic heterocycles. The largest absolute Gasteiger partial charge is 0.366 e. The van der Waals surface area contributed by atoms with E-state index in [-0.39, 0.29) is 5.56 Å². The molecular formula is C20H25N5O. The van der Waals surface area contributed by atoms with Gasteiger partial charge >= 0.3 is 0 Å². The van der Waals surface area contributed by atoms with Gasteiger partial charge in [0.15, 0.2) is 0 Å². The van der Waals surface area contributed by atoms with Crippen LogP contribution in [0, 0.1) is 19.8 Å². The summed E-state index contributed by atoms with van der Waals surface area (Å²) in [4.78, 5) is 23.8. The van der Waals surface area contributed by atoms with Gasteiger partial charge in [-0.3, -0.25) is 9.89 Å². The maximum atomic E-state index is 12.9. The second kappa shape index (κ2) is 6.94. The third-order valence-corrected chi connectivity index (χ3v) is 5.37. The zero-order chi connectivity index (χ0) is 18.1. The Balaban J connectivity index is 1.45. The van der Waals surface area contributed by atoms with Crippen LogP contribution in [-0.4, -0.2) is 32.7 Å². The molecule has 3 aromatic rings. The van der Waals surface area contributed by atoms with Crippen LogP contribution in [0.2, 0.25) is 0 Å². The van der Waals surface area contributed by atoms with Gasteiger partial charge < -0.3 is 4.90 Å². The second-order valence-electron chi connectivity index (χ2n) is 7.25. The third kappa shape index (κ3) is 3.23. The average Bonchev–Trinajstić information content (AvgIpc) is 3.02. The Bertz CT molecular complexity index is 951. The fourth-order valence-corrected chi connectivity index (χ4v) is 3.94. The standard InChI is InChI=1S/C20H25N5O/c1-14-18(19(26)25-20(21-14)22-15(2)23-25)24-12-10-17(11-13-24)9-8-16-6-4-3-5-7-16/h3-7,17H,8-13H2,1-2H3,(H,21,22,23). The number of aryl methyl sites for hydroxylation is 3. The van der Waals surface area contributed by atoms with E-state index < -0.39 is 0 Å². The van der Waals surface area contributed by atoms with E-state index in [4.69, 9.17) is 0 Å². The summed E-state index contributed by atoms with van der Waals surface area (Å²) in [5.74, 6) is 1.87. The van der Waals surface area contributed by atoms with E-state index in [1.165, 1.54) is 16.5 Å². The van der Waals surface area contributed by atoms with E-state index >= 15 is 0 Å². The lowest BCUT2D eigenvalue weighted by molar-refractivity contribution is 0.381. The summed E-state index contributed by atoms with van der Waals surface area (Å²) in [5.41, 5.74) is 2.85. The molecule has 0 bridgehead atoms. The van der Waals surface area contributed by atoms with Crippen molar-refractivity contribution in [3.8, 4) is 0 Å². The van der Waals surface area contributed by atoms with Crippen molar-refractivity contribution >= 4 is 11.5 Å². The van der Waals surface area contributed by atoms with Crippen molar-refractivity contribution in [3.05, 3.63) is 57.8 Å². The lowest BCUT2D eigenvalue weighted by Crippen LogP contribution is -2.38. The monoisotopic (exact) mass is 351 g/mol. The van der Waals surface area contributed by atoms with Crippen LogP contribution in [0.25, 0.3) is 5.78 Å². The maximum absolute atomic E-state index is 12.9. The molecule has 0 spiro atoms. The molecule has 0 atom stereocenters. The van der Waals surface area contributed by atoms with Crippen LogP contribution < -0.4 is 10.5 Å². The summed E-state index contributed by atoms with van der Waals surface area (Å²) in [6.07, 6.45) is 4.59. The van der Waals surface area contributed by atoms with Crippen LogP contribution >= 0.6 is 0 Å². The molecule has 0 saturated carbocycles. The van der Waals surface area contributed by atoms with Gasteiger partial charge in [0.1, 0.15) is 11.5 Å². The van der Waals surface area contributed by atoms with E-state index in [1.807, 2.05) is 13.8 Å². The van der Waals surface area contributed by atoms with Crippen molar-refractivity contribution in [2.24, 2.45) is 5.92 Å². The number of piperidine rings is 1. The van der Waals surface area contributed by atoms with Crippen molar-refractivity contribution in [2.45, 2.75) is 39.5 Å². The van der Waals surface area contributed by atoms with Gasteiger partial charge in [-0.15, -0.1) is 0 Å². The van der Waals surface area contributed by atoms with Crippen molar-refractivity contribution in [3.63, 3.8) is 0 Å². The van der Waals surface area contributed by atoms with Gasteiger partial charge in [-0.25, -0.2) is 4.98 Å². The van der Waals surface area contributed by atoms with E-state index in [0.717, 1.165) is 44.0 Å². The quantitative estimate of drug-likeness (QED) is 0.785. The number of hydrogen-bond donors (Lipinski definition) is 1. The van der Waals surface area contributed by atoms with Crippen LogP contribution in [0.5, 0.6) is 0 Å². The van der Waals surface area contributed by atoms with Crippen molar-refractivity contribution in [1.82, 2.24) is 19.6 Å². The van der Waals surface area contributed by atoms with Crippen LogP contribution in [-0.2, 0) is 6.42 Å². The minimum absolute atomic E-state index is 0.0455. The molecule has 6 nitrogen and oxygen atoms in total. The molecule has 0 aliphatic carbocycles. The van der Waals surface area contributed by atoms with E-state index in [2.05, 4.69) is 50.3 Å². The molecule has 0 radical (unpaired) electrons. The molecule has 6 heteroatoms. The Hall–Kier alpha value is -2.63. The number of fused-ring (bicyclic) bond motifs is 1. The number of aromatic amines is 1. The van der Waals surface area contributed by atoms with Gasteiger partial charge in [-0.1, -0.05) is 30.3 Å². The van der Waals surface area contributed by atoms with Crippen LogP contribution in [0.1, 0.15) is 36.3 Å². The Morgan fingerprint density at radius 3 is 2.58 bits per heavy atom. The first-order valence-electron chi connectivity index (χ1n) is 9.36. The van der Waals surface area contributed by atoms with E-state index in [0.29, 0.717) is 17.3 Å². The van der Waals surface area contributed by atoms with Gasteiger partial charge in [-0.2, -0.15) is 9.50 Å². The van der Waals surface area contributed by atoms with E-state index in [1.54, 1.807) is 0 Å². The molecule has 26 heavy (non-hydrogen) atoms. The summed E-state index contributed by atoms with van der Waals surface area (Å²) >= 11 is 0. The SMILES string of the molecule is Cc1nc2nc(C)c(N3CCC(CCc4ccccc4)CC3)c(=O)n2[nH]1. The number of rotatable bonds is 4. The highest BCUT2D eigenvalue weighted by Gasteiger charge is 2.24. The topological polar surface area (TPSA) is 66.3 Å². The average molecular weight is 351 g/mol. The summed E-state index contributed by atoms with van der Waals surface area (Å²) in [7, 11) is 0. The van der Waals surface area contributed by atoms with Gasteiger partial charge in [0, 0.05) is 13.1 Å². The number of H-pyrrole nitrogens is 1. The number of anilines is 1. The maximum Gasteiger partial charge on any atom is 0.297 e. The minimum atomic E-state index is -0.0455. The Kier molecular flexibility index (Phi) is 4.49. The second-order valence-corrected chi connectivity index (χ2v) is 7.25. The molecule has 1 aliphatic rings. The molecule has 1 fully saturated rings. The number of nitrogens with zero attached hydrogens (tertiary/aromatic N) is 4. The summed E-state index contributed by atoms with van der Waals surface area (Å²) in [6, 6.07) is 10.7. The molecule has 1 aliphatic heterocycles. The number of benzene rings is 1. The zero-order valence-electron chi connectivity index (χ0n) is 15.4. The molecule has 1 N–H and O–H groups in total. The molecular weight excluding hydrogens is 326 g/mol. The zero-order valence-corrected chi connectivity index (χ0v) is 15.4. The van der Waals surface area contributed by atoms with Gasteiger partial charge in [0.25, 0.3) is 11.3 Å². The Morgan fingerprint density at radius 2 is 1.85 bits per heavy atom. The highest BCUT2D eigenvalue weighted by atomic mass is 16.1. The summed E-state index contributed by atoms with van der Waals surface area (Å²) < 4.78 is 1.46. The van der Waals surface area contributed by atoms with Crippen molar-refractivity contribution < 1.29 is 0 Å². The fourth-order valence-electron chi connectivity index (χ4n) is 3.94. The molecule has 136 valence electrons. The highest BCUT2D eigenvalue weighted by Crippen LogP contribution is 2.26. The molecule has 1 aromatic carbocycles. The molecule has 1 saturated heterocycles. The van der Waals surface area contributed by atoms with Crippen molar-refractivity contribution in [1.29, 1.82) is 0 Å². The predicted molar refractivity (Wildman–Crippen MR) is 103 cm³/mol. The smallest absolute Gasteiger partial charge is 0.297 e. The lowest BCUT2D eigenvalue weighted by Gasteiger charge is -2.33.